The molecule has 1 aliphatic carbocycles. The summed E-state index contributed by atoms with van der Waals surface area (Å²) in [5.41, 5.74) is 1.61. The van der Waals surface area contributed by atoms with Crippen LogP contribution < -0.4 is 14.8 Å². The van der Waals surface area contributed by atoms with Crippen molar-refractivity contribution in [2.24, 2.45) is 0 Å². The van der Waals surface area contributed by atoms with Crippen molar-refractivity contribution in [2.75, 3.05) is 20.8 Å². The molecule has 1 atom stereocenters. The molecule has 0 fully saturated rings. The average molecular weight is 361 g/mol. The van der Waals surface area contributed by atoms with Crippen LogP contribution in [0.15, 0.2) is 29.8 Å². The van der Waals surface area contributed by atoms with E-state index in [-0.39, 0.29) is 11.5 Å². The van der Waals surface area contributed by atoms with E-state index in [1.165, 1.54) is 38.7 Å². The average Bonchev–Trinajstić information content (AvgIpc) is 2.68. The number of hydrogen-bond acceptors (Lipinski definition) is 5. The zero-order chi connectivity index (χ0) is 18.9. The number of carbonyl (C=O) groups is 2. The van der Waals surface area contributed by atoms with Crippen LogP contribution in [0.5, 0.6) is 11.5 Å². The van der Waals surface area contributed by atoms with Crippen LogP contribution in [0.2, 0.25) is 0 Å². The Morgan fingerprint density at radius 1 is 1.19 bits per heavy atom. The van der Waals surface area contributed by atoms with Crippen molar-refractivity contribution < 1.29 is 23.8 Å². The maximum Gasteiger partial charge on any atom is 0.342 e. The summed E-state index contributed by atoms with van der Waals surface area (Å²) in [7, 11) is 2.98. The SMILES string of the molecule is COc1ccc(OC)c(C(=O)O[C@H](C)C(=O)NCCC2=CCCCC2)c1. The Morgan fingerprint density at radius 2 is 2.00 bits per heavy atom. The zero-order valence-electron chi connectivity index (χ0n) is 15.7. The van der Waals surface area contributed by atoms with Gasteiger partial charge in [-0.05, 0) is 57.2 Å². The standard InChI is InChI=1S/C20H27NO5/c1-14(19(22)21-12-11-15-7-5-4-6-8-15)26-20(23)17-13-16(24-2)9-10-18(17)25-3/h7,9-10,13-14H,4-6,8,11-12H2,1-3H3,(H,21,22)/t14-/m1/s1. The fourth-order valence-electron chi connectivity index (χ4n) is 2.87. The molecular weight excluding hydrogens is 334 g/mol. The minimum absolute atomic E-state index is 0.221. The minimum atomic E-state index is -0.890. The lowest BCUT2D eigenvalue weighted by Gasteiger charge is -2.16. The molecule has 6 heteroatoms. The number of carbonyl (C=O) groups excluding carboxylic acids is 2. The molecule has 2 rings (SSSR count). The summed E-state index contributed by atoms with van der Waals surface area (Å²) in [6, 6.07) is 4.84. The first-order valence-corrected chi connectivity index (χ1v) is 8.93. The number of benzene rings is 1. The molecule has 0 heterocycles. The summed E-state index contributed by atoms with van der Waals surface area (Å²) in [6.07, 6.45) is 6.91. The van der Waals surface area contributed by atoms with Gasteiger partial charge in [0.25, 0.3) is 5.91 Å². The molecule has 0 bridgehead atoms. The summed E-state index contributed by atoms with van der Waals surface area (Å²) in [5.74, 6) is -0.0572. The second-order valence-electron chi connectivity index (χ2n) is 6.26. The summed E-state index contributed by atoms with van der Waals surface area (Å²) in [4.78, 5) is 24.5. The second kappa shape index (κ2) is 9.85. The lowest BCUT2D eigenvalue weighted by molar-refractivity contribution is -0.129. The molecule has 0 spiro atoms. The smallest absolute Gasteiger partial charge is 0.342 e. The molecule has 1 aliphatic rings. The van der Waals surface area contributed by atoms with Gasteiger partial charge in [0.05, 0.1) is 14.2 Å². The number of ether oxygens (including phenoxy) is 3. The van der Waals surface area contributed by atoms with Crippen LogP contribution in [0, 0.1) is 0 Å². The maximum absolute atomic E-state index is 12.4. The van der Waals surface area contributed by atoms with Crippen LogP contribution in [-0.2, 0) is 9.53 Å². The highest BCUT2D eigenvalue weighted by Gasteiger charge is 2.22. The first-order valence-electron chi connectivity index (χ1n) is 8.93. The summed E-state index contributed by atoms with van der Waals surface area (Å²) < 4.78 is 15.6. The number of amides is 1. The topological polar surface area (TPSA) is 73.9 Å². The molecule has 0 saturated carbocycles. The van der Waals surface area contributed by atoms with E-state index < -0.39 is 12.1 Å². The van der Waals surface area contributed by atoms with Crippen LogP contribution in [0.3, 0.4) is 0 Å². The van der Waals surface area contributed by atoms with Gasteiger partial charge < -0.3 is 19.5 Å². The third-order valence-corrected chi connectivity index (χ3v) is 4.41. The van der Waals surface area contributed by atoms with Crippen molar-refractivity contribution in [3.05, 3.63) is 35.4 Å². The van der Waals surface area contributed by atoms with Gasteiger partial charge in [-0.15, -0.1) is 0 Å². The van der Waals surface area contributed by atoms with E-state index in [1.807, 2.05) is 0 Å². The third-order valence-electron chi connectivity index (χ3n) is 4.41. The van der Waals surface area contributed by atoms with Crippen molar-refractivity contribution in [3.63, 3.8) is 0 Å². The van der Waals surface area contributed by atoms with Crippen molar-refractivity contribution in [1.82, 2.24) is 5.32 Å². The Bertz CT molecular complexity index is 668. The third kappa shape index (κ3) is 5.51. The van der Waals surface area contributed by atoms with Crippen molar-refractivity contribution in [3.8, 4) is 11.5 Å². The van der Waals surface area contributed by atoms with Gasteiger partial charge in [-0.3, -0.25) is 4.79 Å². The molecule has 1 aromatic carbocycles. The highest BCUT2D eigenvalue weighted by Crippen LogP contribution is 2.25. The van der Waals surface area contributed by atoms with Crippen LogP contribution in [0.4, 0.5) is 0 Å². The van der Waals surface area contributed by atoms with Gasteiger partial charge in [0.2, 0.25) is 0 Å². The summed E-state index contributed by atoms with van der Waals surface area (Å²) in [5, 5.41) is 2.82. The number of rotatable bonds is 8. The summed E-state index contributed by atoms with van der Waals surface area (Å²) >= 11 is 0. The molecule has 0 aromatic heterocycles. The molecule has 1 amide bonds. The Morgan fingerprint density at radius 3 is 2.65 bits per heavy atom. The maximum atomic E-state index is 12.4. The van der Waals surface area contributed by atoms with Crippen molar-refractivity contribution >= 4 is 11.9 Å². The molecule has 0 saturated heterocycles. The van der Waals surface area contributed by atoms with Crippen molar-refractivity contribution in [2.45, 2.75) is 45.1 Å². The Balaban J connectivity index is 1.87. The van der Waals surface area contributed by atoms with Gasteiger partial charge in [0, 0.05) is 6.54 Å². The van der Waals surface area contributed by atoms with Gasteiger partial charge in [-0.25, -0.2) is 4.79 Å². The van der Waals surface area contributed by atoms with E-state index in [2.05, 4.69) is 11.4 Å². The number of methoxy groups -OCH3 is 2. The van der Waals surface area contributed by atoms with E-state index in [1.54, 1.807) is 19.1 Å². The normalized spacial score (nSPS) is 14.8. The van der Waals surface area contributed by atoms with E-state index >= 15 is 0 Å². The summed E-state index contributed by atoms with van der Waals surface area (Å²) in [6.45, 7) is 2.11. The first-order chi connectivity index (χ1) is 12.5. The molecular formula is C20H27NO5. The molecule has 0 unspecified atom stereocenters. The van der Waals surface area contributed by atoms with Gasteiger partial charge in [-0.1, -0.05) is 11.6 Å². The van der Waals surface area contributed by atoms with Crippen LogP contribution in [0.1, 0.15) is 49.4 Å². The number of hydrogen-bond donors (Lipinski definition) is 1. The number of nitrogens with one attached hydrogen (secondary N) is 1. The largest absolute Gasteiger partial charge is 0.497 e. The Kier molecular flexibility index (Phi) is 7.51. The number of allylic oxidation sites excluding steroid dienone is 1. The van der Waals surface area contributed by atoms with Crippen LogP contribution in [-0.4, -0.2) is 38.7 Å². The lowest BCUT2D eigenvalue weighted by Crippen LogP contribution is -2.36. The number of esters is 1. The predicted molar refractivity (Wildman–Crippen MR) is 98.6 cm³/mol. The molecule has 142 valence electrons. The predicted octanol–water partition coefficient (Wildman–Crippen LogP) is 3.26. The van der Waals surface area contributed by atoms with Crippen molar-refractivity contribution in [1.29, 1.82) is 0 Å². The molecule has 26 heavy (non-hydrogen) atoms. The van der Waals surface area contributed by atoms with Crippen LogP contribution in [0.25, 0.3) is 0 Å². The zero-order valence-corrected chi connectivity index (χ0v) is 15.7. The Labute approximate surface area is 154 Å². The fourth-order valence-corrected chi connectivity index (χ4v) is 2.87. The molecule has 1 aromatic rings. The van der Waals surface area contributed by atoms with E-state index in [0.717, 1.165) is 19.3 Å². The highest BCUT2D eigenvalue weighted by atomic mass is 16.5. The van der Waals surface area contributed by atoms with Gasteiger partial charge in [0.15, 0.2) is 6.10 Å². The van der Waals surface area contributed by atoms with Gasteiger partial charge >= 0.3 is 5.97 Å². The first kappa shape index (κ1) is 19.8. The molecule has 6 nitrogen and oxygen atoms in total. The van der Waals surface area contributed by atoms with Crippen LogP contribution >= 0.6 is 0 Å². The van der Waals surface area contributed by atoms with E-state index in [0.29, 0.717) is 18.0 Å². The van der Waals surface area contributed by atoms with E-state index in [4.69, 9.17) is 14.2 Å². The molecule has 0 aliphatic heterocycles. The minimum Gasteiger partial charge on any atom is -0.497 e. The highest BCUT2D eigenvalue weighted by molar-refractivity contribution is 5.95. The Hall–Kier alpha value is -2.50. The van der Waals surface area contributed by atoms with Gasteiger partial charge in [-0.2, -0.15) is 0 Å². The van der Waals surface area contributed by atoms with Gasteiger partial charge in [0.1, 0.15) is 17.1 Å². The molecule has 0 radical (unpaired) electrons. The fraction of sp³-hybridized carbons (Fsp3) is 0.500. The molecule has 1 N–H and O–H groups in total. The quantitative estimate of drug-likeness (QED) is 0.568. The second-order valence-corrected chi connectivity index (χ2v) is 6.26. The monoisotopic (exact) mass is 361 g/mol. The lowest BCUT2D eigenvalue weighted by atomic mass is 9.97. The van der Waals surface area contributed by atoms with E-state index in [9.17, 15) is 9.59 Å².